The molecule has 0 fully saturated rings. The van der Waals surface area contributed by atoms with Crippen molar-refractivity contribution in [2.45, 2.75) is 59.4 Å². The summed E-state index contributed by atoms with van der Waals surface area (Å²) in [5.41, 5.74) is 4.11. The molecule has 18 heavy (non-hydrogen) atoms. The summed E-state index contributed by atoms with van der Waals surface area (Å²) in [6.45, 7) is 14.9. The summed E-state index contributed by atoms with van der Waals surface area (Å²) in [6, 6.07) is 6.42. The van der Waals surface area contributed by atoms with E-state index in [9.17, 15) is 5.26 Å². The molecule has 1 aromatic rings. The van der Waals surface area contributed by atoms with Crippen LogP contribution in [0.4, 0.5) is 5.69 Å². The zero-order valence-electron chi connectivity index (χ0n) is 12.6. The van der Waals surface area contributed by atoms with Crippen LogP contribution in [-0.4, -0.2) is 5.54 Å². The molecule has 0 saturated heterocycles. The molecule has 0 aliphatic rings. The molecule has 0 aromatic heterocycles. The minimum Gasteiger partial charge on any atom is -0.380 e. The minimum absolute atomic E-state index is 0.000729. The number of nitrogens with one attached hydrogen (secondary N) is 1. The van der Waals surface area contributed by atoms with Gasteiger partial charge in [0.25, 0.3) is 0 Å². The molecule has 2 nitrogen and oxygen atoms in total. The zero-order valence-corrected chi connectivity index (χ0v) is 12.6. The number of nitrogens with zero attached hydrogens (tertiary/aromatic N) is 1. The molecule has 0 bridgehead atoms. The summed E-state index contributed by atoms with van der Waals surface area (Å²) in [7, 11) is 0. The number of rotatable bonds is 1. The maximum atomic E-state index is 9.32. The standard InChI is InChI=1S/C16H24N2/c1-11-8-13(15(2,3)4)12(10-17)9-14(11)18-16(5,6)7/h8-9,18H,1-7H3. The Hall–Kier alpha value is -1.49. The number of hydrogen-bond acceptors (Lipinski definition) is 2. The van der Waals surface area contributed by atoms with Crippen molar-refractivity contribution in [3.8, 4) is 6.07 Å². The number of anilines is 1. The quantitative estimate of drug-likeness (QED) is 0.796. The predicted octanol–water partition coefficient (Wildman–Crippen LogP) is 4.37. The Balaban J connectivity index is 3.33. The van der Waals surface area contributed by atoms with E-state index in [-0.39, 0.29) is 11.0 Å². The Morgan fingerprint density at radius 1 is 1.06 bits per heavy atom. The molecule has 0 aliphatic heterocycles. The van der Waals surface area contributed by atoms with Gasteiger partial charge in [0.15, 0.2) is 0 Å². The van der Waals surface area contributed by atoms with Gasteiger partial charge >= 0.3 is 0 Å². The van der Waals surface area contributed by atoms with Crippen molar-refractivity contribution in [2.24, 2.45) is 0 Å². The van der Waals surface area contributed by atoms with Gasteiger partial charge in [0.1, 0.15) is 0 Å². The molecule has 0 radical (unpaired) electrons. The van der Waals surface area contributed by atoms with Crippen molar-refractivity contribution >= 4 is 5.69 Å². The molecular weight excluding hydrogens is 220 g/mol. The normalized spacial score (nSPS) is 12.1. The Morgan fingerprint density at radius 2 is 1.61 bits per heavy atom. The second-order valence-electron chi connectivity index (χ2n) is 6.95. The van der Waals surface area contributed by atoms with E-state index < -0.39 is 0 Å². The maximum absolute atomic E-state index is 9.32. The van der Waals surface area contributed by atoms with E-state index in [2.05, 4.69) is 65.9 Å². The smallest absolute Gasteiger partial charge is 0.0995 e. The largest absolute Gasteiger partial charge is 0.380 e. The fraction of sp³-hybridized carbons (Fsp3) is 0.562. The zero-order chi connectivity index (χ0) is 14.1. The van der Waals surface area contributed by atoms with Crippen molar-refractivity contribution in [3.63, 3.8) is 0 Å². The van der Waals surface area contributed by atoms with Crippen LogP contribution in [0.25, 0.3) is 0 Å². The molecular formula is C16H24N2. The Morgan fingerprint density at radius 3 is 2.00 bits per heavy atom. The van der Waals surface area contributed by atoms with Crippen molar-refractivity contribution in [1.82, 2.24) is 0 Å². The van der Waals surface area contributed by atoms with Crippen LogP contribution in [0.5, 0.6) is 0 Å². The fourth-order valence-corrected chi connectivity index (χ4v) is 1.96. The SMILES string of the molecule is Cc1cc(C(C)(C)C)c(C#N)cc1NC(C)(C)C. The van der Waals surface area contributed by atoms with E-state index in [0.717, 1.165) is 16.8 Å². The number of aryl methyl sites for hydroxylation is 1. The Kier molecular flexibility index (Phi) is 3.76. The minimum atomic E-state index is -0.00388. The summed E-state index contributed by atoms with van der Waals surface area (Å²) < 4.78 is 0. The molecule has 0 atom stereocenters. The van der Waals surface area contributed by atoms with Crippen LogP contribution in [0.15, 0.2) is 12.1 Å². The van der Waals surface area contributed by atoms with Crippen LogP contribution >= 0.6 is 0 Å². The highest BCUT2D eigenvalue weighted by molar-refractivity contribution is 5.60. The molecule has 0 heterocycles. The van der Waals surface area contributed by atoms with Crippen LogP contribution in [0.2, 0.25) is 0 Å². The number of hydrogen-bond donors (Lipinski definition) is 1. The van der Waals surface area contributed by atoms with Crippen LogP contribution in [0.3, 0.4) is 0 Å². The van der Waals surface area contributed by atoms with Crippen LogP contribution in [0, 0.1) is 18.3 Å². The van der Waals surface area contributed by atoms with Gasteiger partial charge in [-0.15, -0.1) is 0 Å². The summed E-state index contributed by atoms with van der Waals surface area (Å²) in [6.07, 6.45) is 0. The highest BCUT2D eigenvalue weighted by Gasteiger charge is 2.20. The lowest BCUT2D eigenvalue weighted by atomic mass is 9.82. The summed E-state index contributed by atoms with van der Waals surface area (Å²) >= 11 is 0. The van der Waals surface area contributed by atoms with Gasteiger partial charge in [-0.2, -0.15) is 5.26 Å². The lowest BCUT2D eigenvalue weighted by molar-refractivity contribution is 0.587. The van der Waals surface area contributed by atoms with E-state index in [1.807, 2.05) is 6.07 Å². The van der Waals surface area contributed by atoms with Gasteiger partial charge in [-0.05, 0) is 50.3 Å². The van der Waals surface area contributed by atoms with Crippen LogP contribution < -0.4 is 5.32 Å². The van der Waals surface area contributed by atoms with E-state index in [1.165, 1.54) is 5.56 Å². The van der Waals surface area contributed by atoms with Crippen molar-refractivity contribution in [1.29, 1.82) is 5.26 Å². The summed E-state index contributed by atoms with van der Waals surface area (Å²) in [5, 5.41) is 12.8. The third-order valence-electron chi connectivity index (χ3n) is 2.80. The van der Waals surface area contributed by atoms with E-state index in [0.29, 0.717) is 0 Å². The first-order chi connectivity index (χ1) is 8.04. The topological polar surface area (TPSA) is 35.8 Å². The van der Waals surface area contributed by atoms with E-state index in [4.69, 9.17) is 0 Å². The first kappa shape index (κ1) is 14.6. The van der Waals surface area contributed by atoms with Gasteiger partial charge in [-0.3, -0.25) is 0 Å². The van der Waals surface area contributed by atoms with Gasteiger partial charge in [0.2, 0.25) is 0 Å². The molecule has 98 valence electrons. The first-order valence-corrected chi connectivity index (χ1v) is 6.38. The molecule has 2 heteroatoms. The summed E-state index contributed by atoms with van der Waals surface area (Å²) in [4.78, 5) is 0. The summed E-state index contributed by atoms with van der Waals surface area (Å²) in [5.74, 6) is 0. The number of benzene rings is 1. The molecule has 1 rings (SSSR count). The van der Waals surface area contributed by atoms with E-state index in [1.54, 1.807) is 0 Å². The molecule has 0 spiro atoms. The van der Waals surface area contributed by atoms with Gasteiger partial charge in [0, 0.05) is 11.2 Å². The van der Waals surface area contributed by atoms with Crippen LogP contribution in [0.1, 0.15) is 58.2 Å². The lowest BCUT2D eigenvalue weighted by Gasteiger charge is -2.26. The van der Waals surface area contributed by atoms with Gasteiger partial charge < -0.3 is 5.32 Å². The van der Waals surface area contributed by atoms with Crippen molar-refractivity contribution in [3.05, 3.63) is 28.8 Å². The predicted molar refractivity (Wildman–Crippen MR) is 78.0 cm³/mol. The Labute approximate surface area is 111 Å². The fourth-order valence-electron chi connectivity index (χ4n) is 1.96. The molecule has 0 saturated carbocycles. The molecule has 0 amide bonds. The highest BCUT2D eigenvalue weighted by atomic mass is 15.0. The first-order valence-electron chi connectivity index (χ1n) is 6.38. The third kappa shape index (κ3) is 3.50. The second kappa shape index (κ2) is 4.65. The van der Waals surface area contributed by atoms with Crippen LogP contribution in [-0.2, 0) is 5.41 Å². The second-order valence-corrected chi connectivity index (χ2v) is 6.95. The monoisotopic (exact) mass is 244 g/mol. The molecule has 1 N–H and O–H groups in total. The Bertz CT molecular complexity index is 480. The van der Waals surface area contributed by atoms with Gasteiger partial charge in [-0.25, -0.2) is 0 Å². The lowest BCUT2D eigenvalue weighted by Crippen LogP contribution is -2.27. The maximum Gasteiger partial charge on any atom is 0.0995 e. The van der Waals surface area contributed by atoms with Gasteiger partial charge in [-0.1, -0.05) is 26.8 Å². The van der Waals surface area contributed by atoms with Crippen molar-refractivity contribution in [2.75, 3.05) is 5.32 Å². The number of nitriles is 1. The van der Waals surface area contributed by atoms with Crippen molar-refractivity contribution < 1.29 is 0 Å². The van der Waals surface area contributed by atoms with Gasteiger partial charge in [0.05, 0.1) is 11.6 Å². The third-order valence-corrected chi connectivity index (χ3v) is 2.80. The average molecular weight is 244 g/mol. The highest BCUT2D eigenvalue weighted by Crippen LogP contribution is 2.31. The average Bonchev–Trinajstić information content (AvgIpc) is 2.17. The molecule has 0 aliphatic carbocycles. The molecule has 1 aromatic carbocycles. The van der Waals surface area contributed by atoms with E-state index >= 15 is 0 Å². The molecule has 0 unspecified atom stereocenters.